The van der Waals surface area contributed by atoms with E-state index in [9.17, 15) is 9.90 Å². The van der Waals surface area contributed by atoms with Crippen molar-refractivity contribution in [1.82, 2.24) is 10.2 Å². The van der Waals surface area contributed by atoms with Crippen molar-refractivity contribution in [3.05, 3.63) is 33.8 Å². The number of carbonyl (C=O) groups is 1. The van der Waals surface area contributed by atoms with Crippen LogP contribution in [0.1, 0.15) is 32.3 Å². The number of nitrogens with one attached hydrogen (secondary N) is 1. The van der Waals surface area contributed by atoms with Gasteiger partial charge in [0.2, 0.25) is 0 Å². The van der Waals surface area contributed by atoms with Crippen molar-refractivity contribution in [2.24, 2.45) is 0 Å². The fourth-order valence-electron chi connectivity index (χ4n) is 2.49. The summed E-state index contributed by atoms with van der Waals surface area (Å²) in [6.07, 6.45) is 1.76. The van der Waals surface area contributed by atoms with Crippen molar-refractivity contribution < 1.29 is 9.90 Å². The van der Waals surface area contributed by atoms with E-state index in [0.29, 0.717) is 10.0 Å². The normalized spacial score (nSPS) is 17.5. The summed E-state index contributed by atoms with van der Waals surface area (Å²) in [6.45, 7) is 5.63. The first kappa shape index (κ1) is 17.5. The molecule has 1 aliphatic rings. The molecule has 1 saturated heterocycles. The van der Waals surface area contributed by atoms with Crippen LogP contribution in [0.4, 0.5) is 0 Å². The molecule has 0 atom stereocenters. The Bertz CT molecular complexity index is 535. The minimum atomic E-state index is -1.32. The number of halogens is 2. The third-order valence-electron chi connectivity index (χ3n) is 3.87. The number of rotatable bonds is 4. The van der Waals surface area contributed by atoms with E-state index in [0.717, 1.165) is 38.0 Å². The fraction of sp³-hybridized carbons (Fsp3) is 0.562. The van der Waals surface area contributed by atoms with E-state index in [4.69, 9.17) is 23.2 Å². The van der Waals surface area contributed by atoms with E-state index >= 15 is 0 Å². The van der Waals surface area contributed by atoms with Crippen LogP contribution < -0.4 is 5.32 Å². The van der Waals surface area contributed by atoms with E-state index in [1.165, 1.54) is 13.8 Å². The van der Waals surface area contributed by atoms with Gasteiger partial charge >= 0.3 is 0 Å². The summed E-state index contributed by atoms with van der Waals surface area (Å²) in [5, 5.41) is 13.7. The minimum Gasteiger partial charge on any atom is -0.381 e. The number of carbonyl (C=O) groups excluding carboxylic acids is 1. The first-order valence-corrected chi connectivity index (χ1v) is 8.21. The Labute approximate surface area is 141 Å². The fourth-order valence-corrected chi connectivity index (χ4v) is 2.81. The van der Waals surface area contributed by atoms with Gasteiger partial charge in [0, 0.05) is 25.7 Å². The van der Waals surface area contributed by atoms with Crippen molar-refractivity contribution in [2.45, 2.75) is 44.9 Å². The van der Waals surface area contributed by atoms with Crippen molar-refractivity contribution in [2.75, 3.05) is 13.1 Å². The molecule has 122 valence electrons. The number of aliphatic hydroxyl groups is 1. The Kier molecular flexibility index (Phi) is 5.72. The first-order valence-electron chi connectivity index (χ1n) is 7.45. The molecule has 6 heteroatoms. The maximum absolute atomic E-state index is 11.8. The minimum absolute atomic E-state index is 0.129. The quantitative estimate of drug-likeness (QED) is 0.882. The summed E-state index contributed by atoms with van der Waals surface area (Å²) in [4.78, 5) is 14.1. The van der Waals surface area contributed by atoms with Gasteiger partial charge in [-0.25, -0.2) is 0 Å². The monoisotopic (exact) mass is 344 g/mol. The van der Waals surface area contributed by atoms with Gasteiger partial charge in [0.15, 0.2) is 0 Å². The predicted molar refractivity (Wildman–Crippen MR) is 89.2 cm³/mol. The van der Waals surface area contributed by atoms with Crippen LogP contribution in [0.2, 0.25) is 10.0 Å². The average molecular weight is 345 g/mol. The molecule has 0 aromatic heterocycles. The molecule has 0 saturated carbocycles. The number of benzene rings is 1. The number of amides is 1. The molecule has 22 heavy (non-hydrogen) atoms. The molecule has 0 aliphatic carbocycles. The molecule has 1 amide bonds. The van der Waals surface area contributed by atoms with Gasteiger partial charge in [-0.2, -0.15) is 0 Å². The number of piperidine rings is 1. The maximum Gasteiger partial charge on any atom is 0.251 e. The smallest absolute Gasteiger partial charge is 0.251 e. The highest BCUT2D eigenvalue weighted by Gasteiger charge is 2.28. The van der Waals surface area contributed by atoms with Gasteiger partial charge in [-0.3, -0.25) is 9.69 Å². The lowest BCUT2D eigenvalue weighted by Gasteiger charge is -2.33. The molecule has 0 radical (unpaired) electrons. The summed E-state index contributed by atoms with van der Waals surface area (Å²) >= 11 is 12.0. The maximum atomic E-state index is 11.8. The molecule has 2 rings (SSSR count). The van der Waals surface area contributed by atoms with Gasteiger partial charge in [-0.1, -0.05) is 29.3 Å². The summed E-state index contributed by atoms with van der Waals surface area (Å²) in [7, 11) is 0. The highest BCUT2D eigenvalue weighted by atomic mass is 35.5. The van der Waals surface area contributed by atoms with Crippen LogP contribution in [0.15, 0.2) is 18.2 Å². The van der Waals surface area contributed by atoms with Crippen LogP contribution in [0.25, 0.3) is 0 Å². The van der Waals surface area contributed by atoms with Crippen molar-refractivity contribution >= 4 is 29.1 Å². The van der Waals surface area contributed by atoms with Gasteiger partial charge in [0.05, 0.1) is 10.0 Å². The lowest BCUT2D eigenvalue weighted by atomic mass is 10.0. The largest absolute Gasteiger partial charge is 0.381 e. The first-order chi connectivity index (χ1) is 10.3. The standard InChI is InChI=1S/C16H22Cl2N2O2/c1-16(2,22)15(21)19-12-5-7-20(8-6-12)10-11-3-4-13(17)14(18)9-11/h3-4,9,12,22H,5-8,10H2,1-2H3,(H,19,21). The van der Waals surface area contributed by atoms with E-state index in [-0.39, 0.29) is 11.9 Å². The molecule has 1 aromatic carbocycles. The second-order valence-corrected chi connectivity index (χ2v) is 7.15. The second-order valence-electron chi connectivity index (χ2n) is 6.33. The number of nitrogens with zero attached hydrogens (tertiary/aromatic N) is 1. The van der Waals surface area contributed by atoms with Gasteiger partial charge in [0.1, 0.15) is 5.60 Å². The summed E-state index contributed by atoms with van der Waals surface area (Å²) in [5.41, 5.74) is -0.189. The lowest BCUT2D eigenvalue weighted by molar-refractivity contribution is -0.137. The topological polar surface area (TPSA) is 52.6 Å². The molecule has 1 aromatic rings. The zero-order valence-electron chi connectivity index (χ0n) is 12.9. The summed E-state index contributed by atoms with van der Waals surface area (Å²) < 4.78 is 0. The third kappa shape index (κ3) is 4.85. The summed E-state index contributed by atoms with van der Waals surface area (Å²) in [6, 6.07) is 5.82. The van der Waals surface area contributed by atoms with E-state index < -0.39 is 5.60 Å². The highest BCUT2D eigenvalue weighted by Crippen LogP contribution is 2.24. The Hall–Kier alpha value is -0.810. The SMILES string of the molecule is CC(C)(O)C(=O)NC1CCN(Cc2ccc(Cl)c(Cl)c2)CC1. The van der Waals surface area contributed by atoms with Crippen LogP contribution in [-0.4, -0.2) is 40.6 Å². The highest BCUT2D eigenvalue weighted by molar-refractivity contribution is 6.42. The molecule has 1 heterocycles. The van der Waals surface area contributed by atoms with Crippen molar-refractivity contribution in [3.8, 4) is 0 Å². The number of hydrogen-bond acceptors (Lipinski definition) is 3. The van der Waals surface area contributed by atoms with Crippen LogP contribution >= 0.6 is 23.2 Å². The average Bonchev–Trinajstić information content (AvgIpc) is 2.44. The van der Waals surface area contributed by atoms with Gasteiger partial charge < -0.3 is 10.4 Å². The second kappa shape index (κ2) is 7.18. The Balaban J connectivity index is 1.82. The van der Waals surface area contributed by atoms with Crippen LogP contribution in [0.3, 0.4) is 0 Å². The molecule has 4 nitrogen and oxygen atoms in total. The molecule has 2 N–H and O–H groups in total. The van der Waals surface area contributed by atoms with Crippen LogP contribution in [0, 0.1) is 0 Å². The summed E-state index contributed by atoms with van der Waals surface area (Å²) in [5.74, 6) is -0.310. The molecular formula is C16H22Cl2N2O2. The Morgan fingerprint density at radius 2 is 1.95 bits per heavy atom. The van der Waals surface area contributed by atoms with E-state index in [1.54, 1.807) is 0 Å². The number of likely N-dealkylation sites (tertiary alicyclic amines) is 1. The lowest BCUT2D eigenvalue weighted by Crippen LogP contribution is -2.50. The van der Waals surface area contributed by atoms with Gasteiger partial charge in [-0.05, 0) is 44.4 Å². The van der Waals surface area contributed by atoms with Gasteiger partial charge in [-0.15, -0.1) is 0 Å². The third-order valence-corrected chi connectivity index (χ3v) is 4.61. The van der Waals surface area contributed by atoms with E-state index in [2.05, 4.69) is 10.2 Å². The Morgan fingerprint density at radius 3 is 2.50 bits per heavy atom. The molecule has 0 spiro atoms. The van der Waals surface area contributed by atoms with E-state index in [1.807, 2.05) is 18.2 Å². The molecule has 0 unspecified atom stereocenters. The molecular weight excluding hydrogens is 323 g/mol. The van der Waals surface area contributed by atoms with Crippen molar-refractivity contribution in [3.63, 3.8) is 0 Å². The number of hydrogen-bond donors (Lipinski definition) is 2. The predicted octanol–water partition coefficient (Wildman–Crippen LogP) is 2.84. The molecule has 0 bridgehead atoms. The van der Waals surface area contributed by atoms with Crippen LogP contribution in [0.5, 0.6) is 0 Å². The van der Waals surface area contributed by atoms with Gasteiger partial charge in [0.25, 0.3) is 5.91 Å². The zero-order chi connectivity index (χ0) is 16.3. The zero-order valence-corrected chi connectivity index (χ0v) is 14.4. The molecule has 1 aliphatic heterocycles. The van der Waals surface area contributed by atoms with Crippen LogP contribution in [-0.2, 0) is 11.3 Å². The van der Waals surface area contributed by atoms with Crippen molar-refractivity contribution in [1.29, 1.82) is 0 Å². The Morgan fingerprint density at radius 1 is 1.32 bits per heavy atom. The molecule has 1 fully saturated rings.